The molecule has 1 aromatic heterocycles. The van der Waals surface area contributed by atoms with Crippen LogP contribution in [0.1, 0.15) is 5.69 Å². The van der Waals surface area contributed by atoms with Gasteiger partial charge in [0.1, 0.15) is 11.4 Å². The number of ether oxygens (including phenoxy) is 1. The molecule has 0 unspecified atom stereocenters. The maximum atomic E-state index is 11.2. The third-order valence-corrected chi connectivity index (χ3v) is 3.66. The van der Waals surface area contributed by atoms with Crippen LogP contribution in [0.15, 0.2) is 51.9 Å². The van der Waals surface area contributed by atoms with Crippen molar-refractivity contribution >= 4 is 23.3 Å². The van der Waals surface area contributed by atoms with Crippen molar-refractivity contribution < 1.29 is 24.1 Å². The molecule has 0 fully saturated rings. The zero-order valence-electron chi connectivity index (χ0n) is 14.3. The summed E-state index contributed by atoms with van der Waals surface area (Å²) in [5, 5.41) is 31.8. The van der Waals surface area contributed by atoms with Crippen molar-refractivity contribution in [3.63, 3.8) is 0 Å². The highest BCUT2D eigenvalue weighted by atomic mass is 16.6. The number of methoxy groups -OCH3 is 1. The van der Waals surface area contributed by atoms with Crippen molar-refractivity contribution in [1.29, 1.82) is 0 Å². The average molecular weight is 384 g/mol. The van der Waals surface area contributed by atoms with Crippen molar-refractivity contribution in [3.05, 3.63) is 68.4 Å². The van der Waals surface area contributed by atoms with Crippen LogP contribution in [0.4, 0.5) is 17.1 Å². The largest absolute Gasteiger partial charge is 0.496 e. The predicted octanol–water partition coefficient (Wildman–Crippen LogP) is 3.62. The van der Waals surface area contributed by atoms with Gasteiger partial charge in [0, 0.05) is 17.7 Å². The third-order valence-electron chi connectivity index (χ3n) is 3.66. The van der Waals surface area contributed by atoms with Crippen LogP contribution in [-0.4, -0.2) is 33.3 Å². The summed E-state index contributed by atoms with van der Waals surface area (Å²) >= 11 is 0. The highest BCUT2D eigenvalue weighted by Gasteiger charge is 2.17. The maximum Gasteiger partial charge on any atom is 0.312 e. The summed E-state index contributed by atoms with van der Waals surface area (Å²) in [7, 11) is 1.38. The SMILES string of the molecule is COc1ccc(N=Cc2nc(-c3ccc([N+](=O)[O-])cc3)oc2O)c([N+](=O)[O-])c1. The van der Waals surface area contributed by atoms with Crippen LogP contribution in [0.2, 0.25) is 0 Å². The van der Waals surface area contributed by atoms with E-state index in [1.54, 1.807) is 0 Å². The van der Waals surface area contributed by atoms with Crippen LogP contribution in [0.25, 0.3) is 11.5 Å². The lowest BCUT2D eigenvalue weighted by Gasteiger charge is -2.01. The standard InChI is InChI=1S/C17H12N4O7/c1-27-12-6-7-13(15(8-12)21(25)26)18-9-14-17(22)28-16(19-14)10-2-4-11(5-3-10)20(23)24/h2-9,22H,1H3. The van der Waals surface area contributed by atoms with Crippen molar-refractivity contribution in [3.8, 4) is 23.1 Å². The zero-order chi connectivity index (χ0) is 20.3. The van der Waals surface area contributed by atoms with Crippen molar-refractivity contribution in [2.75, 3.05) is 7.11 Å². The van der Waals surface area contributed by atoms with Gasteiger partial charge in [-0.05, 0) is 24.3 Å². The highest BCUT2D eigenvalue weighted by Crippen LogP contribution is 2.32. The molecule has 2 aromatic carbocycles. The van der Waals surface area contributed by atoms with Crippen molar-refractivity contribution in [2.45, 2.75) is 0 Å². The van der Waals surface area contributed by atoms with E-state index in [9.17, 15) is 25.3 Å². The van der Waals surface area contributed by atoms with Gasteiger partial charge in [-0.1, -0.05) is 0 Å². The predicted molar refractivity (Wildman–Crippen MR) is 97.2 cm³/mol. The molecule has 0 atom stereocenters. The summed E-state index contributed by atoms with van der Waals surface area (Å²) < 4.78 is 10.1. The minimum atomic E-state index is -0.611. The molecule has 28 heavy (non-hydrogen) atoms. The number of aromatic nitrogens is 1. The Bertz CT molecular complexity index is 1070. The summed E-state index contributed by atoms with van der Waals surface area (Å²) in [6, 6.07) is 9.48. The van der Waals surface area contributed by atoms with Gasteiger partial charge in [-0.15, -0.1) is 0 Å². The lowest BCUT2D eigenvalue weighted by atomic mass is 10.2. The molecule has 0 bridgehead atoms. The quantitative estimate of drug-likeness (QED) is 0.384. The number of aromatic hydroxyl groups is 1. The average Bonchev–Trinajstić information content (AvgIpc) is 3.06. The van der Waals surface area contributed by atoms with E-state index in [2.05, 4.69) is 9.98 Å². The van der Waals surface area contributed by atoms with Crippen molar-refractivity contribution in [2.24, 2.45) is 4.99 Å². The summed E-state index contributed by atoms with van der Waals surface area (Å²) in [6.45, 7) is 0. The Labute approximate surface area is 156 Å². The monoisotopic (exact) mass is 384 g/mol. The van der Waals surface area contributed by atoms with Crippen LogP contribution >= 0.6 is 0 Å². The smallest absolute Gasteiger partial charge is 0.312 e. The molecule has 0 radical (unpaired) electrons. The second kappa shape index (κ2) is 7.53. The summed E-state index contributed by atoms with van der Waals surface area (Å²) in [6.07, 6.45) is 1.11. The molecule has 11 heteroatoms. The minimum Gasteiger partial charge on any atom is -0.496 e. The number of hydrogen-bond acceptors (Lipinski definition) is 9. The Balaban J connectivity index is 1.90. The normalized spacial score (nSPS) is 10.9. The number of oxazole rings is 1. The Morgan fingerprint density at radius 3 is 2.46 bits per heavy atom. The van der Waals surface area contributed by atoms with Crippen LogP contribution in [0, 0.1) is 20.2 Å². The van der Waals surface area contributed by atoms with E-state index < -0.39 is 15.8 Å². The van der Waals surface area contributed by atoms with E-state index in [1.807, 2.05) is 0 Å². The zero-order valence-corrected chi connectivity index (χ0v) is 14.3. The second-order valence-corrected chi connectivity index (χ2v) is 5.38. The van der Waals surface area contributed by atoms with Gasteiger partial charge < -0.3 is 14.3 Å². The van der Waals surface area contributed by atoms with Crippen LogP contribution < -0.4 is 4.74 Å². The number of nitro benzene ring substituents is 2. The number of hydrogen-bond donors (Lipinski definition) is 1. The number of nitro groups is 2. The fourth-order valence-corrected chi connectivity index (χ4v) is 2.27. The topological polar surface area (TPSA) is 154 Å². The molecule has 0 amide bonds. The van der Waals surface area contributed by atoms with Gasteiger partial charge in [0.15, 0.2) is 5.69 Å². The fourth-order valence-electron chi connectivity index (χ4n) is 2.27. The van der Waals surface area contributed by atoms with Crippen LogP contribution in [0.3, 0.4) is 0 Å². The summed E-state index contributed by atoms with van der Waals surface area (Å²) in [5.41, 5.74) is -0.0122. The van der Waals surface area contributed by atoms with E-state index in [1.165, 1.54) is 49.6 Å². The highest BCUT2D eigenvalue weighted by molar-refractivity contribution is 5.84. The lowest BCUT2D eigenvalue weighted by Crippen LogP contribution is -1.91. The van der Waals surface area contributed by atoms with E-state index >= 15 is 0 Å². The Morgan fingerprint density at radius 1 is 1.14 bits per heavy atom. The molecular formula is C17H12N4O7. The Hall–Kier alpha value is -4.28. The van der Waals surface area contributed by atoms with E-state index in [0.29, 0.717) is 11.3 Å². The van der Waals surface area contributed by atoms with Gasteiger partial charge in [0.05, 0.1) is 29.2 Å². The first-order chi connectivity index (χ1) is 13.4. The molecule has 1 N–H and O–H groups in total. The molecule has 0 saturated heterocycles. The molecule has 0 saturated carbocycles. The molecule has 142 valence electrons. The van der Waals surface area contributed by atoms with Gasteiger partial charge in [-0.2, -0.15) is 0 Å². The molecular weight excluding hydrogens is 372 g/mol. The molecule has 11 nitrogen and oxygen atoms in total. The summed E-state index contributed by atoms with van der Waals surface area (Å²) in [5.74, 6) is -0.235. The van der Waals surface area contributed by atoms with Crippen LogP contribution in [-0.2, 0) is 0 Å². The van der Waals surface area contributed by atoms with Gasteiger partial charge in [0.25, 0.3) is 11.4 Å². The van der Waals surface area contributed by atoms with Crippen LogP contribution in [0.5, 0.6) is 11.7 Å². The first-order valence-corrected chi connectivity index (χ1v) is 7.70. The number of nitrogens with zero attached hydrogens (tertiary/aromatic N) is 4. The summed E-state index contributed by atoms with van der Waals surface area (Å²) in [4.78, 5) is 28.7. The molecule has 0 aliphatic rings. The Kier molecular flexibility index (Phi) is 4.98. The third kappa shape index (κ3) is 3.77. The first-order valence-electron chi connectivity index (χ1n) is 7.70. The van der Waals surface area contributed by atoms with Gasteiger partial charge in [-0.25, -0.2) is 9.98 Å². The maximum absolute atomic E-state index is 11.2. The number of benzene rings is 2. The van der Waals surface area contributed by atoms with Gasteiger partial charge >= 0.3 is 5.95 Å². The molecule has 0 aliphatic heterocycles. The number of rotatable bonds is 6. The van der Waals surface area contributed by atoms with Crippen molar-refractivity contribution in [1.82, 2.24) is 4.98 Å². The molecule has 0 aliphatic carbocycles. The first kappa shape index (κ1) is 18.5. The molecule has 3 rings (SSSR count). The van der Waals surface area contributed by atoms with E-state index in [0.717, 1.165) is 6.21 Å². The molecule has 3 aromatic rings. The fraction of sp³-hybridized carbons (Fsp3) is 0.0588. The molecule has 1 heterocycles. The minimum absolute atomic E-state index is 0.0121. The van der Waals surface area contributed by atoms with Gasteiger partial charge in [0.2, 0.25) is 5.89 Å². The second-order valence-electron chi connectivity index (χ2n) is 5.38. The number of non-ortho nitro benzene ring substituents is 1. The Morgan fingerprint density at radius 2 is 1.86 bits per heavy atom. The molecule has 0 spiro atoms. The van der Waals surface area contributed by atoms with E-state index in [-0.39, 0.29) is 28.6 Å². The van der Waals surface area contributed by atoms with E-state index in [4.69, 9.17) is 9.15 Å². The van der Waals surface area contributed by atoms with Gasteiger partial charge in [-0.3, -0.25) is 20.2 Å². The lowest BCUT2D eigenvalue weighted by molar-refractivity contribution is -0.384. The number of aliphatic imine (C=N–C) groups is 1.